The molecular formula is C11H17N3O3. The zero-order valence-corrected chi connectivity index (χ0v) is 10.1. The van der Waals surface area contributed by atoms with Gasteiger partial charge >= 0.3 is 0 Å². The molecule has 1 aliphatic heterocycles. The Morgan fingerprint density at radius 2 is 2.41 bits per heavy atom. The van der Waals surface area contributed by atoms with Crippen LogP contribution >= 0.6 is 0 Å². The van der Waals surface area contributed by atoms with E-state index in [0.717, 1.165) is 12.8 Å². The van der Waals surface area contributed by atoms with Crippen molar-refractivity contribution in [3.63, 3.8) is 0 Å². The highest BCUT2D eigenvalue weighted by atomic mass is 16.5. The largest absolute Gasteiger partial charge is 0.387 e. The number of piperidine rings is 1. The molecule has 1 saturated heterocycles. The van der Waals surface area contributed by atoms with Gasteiger partial charge in [-0.3, -0.25) is 4.79 Å². The molecule has 1 N–H and O–H groups in total. The van der Waals surface area contributed by atoms with Crippen LogP contribution < -0.4 is 0 Å². The zero-order chi connectivity index (χ0) is 12.5. The van der Waals surface area contributed by atoms with Crippen LogP contribution in [-0.4, -0.2) is 45.8 Å². The van der Waals surface area contributed by atoms with Crippen molar-refractivity contribution in [2.75, 3.05) is 19.7 Å². The maximum Gasteiger partial charge on any atom is 0.248 e. The maximum atomic E-state index is 11.5. The van der Waals surface area contributed by atoms with Gasteiger partial charge in [-0.05, 0) is 26.7 Å². The number of hydrogen-bond acceptors (Lipinski definition) is 5. The molecule has 0 unspecified atom stereocenters. The van der Waals surface area contributed by atoms with E-state index in [2.05, 4.69) is 10.1 Å². The zero-order valence-electron chi connectivity index (χ0n) is 10.1. The summed E-state index contributed by atoms with van der Waals surface area (Å²) in [4.78, 5) is 17.4. The summed E-state index contributed by atoms with van der Waals surface area (Å²) in [6.45, 7) is 4.54. The third kappa shape index (κ3) is 2.31. The molecule has 0 bridgehead atoms. The van der Waals surface area contributed by atoms with Crippen LogP contribution in [0.1, 0.15) is 31.5 Å². The number of aliphatic hydroxyl groups is 1. The minimum Gasteiger partial charge on any atom is -0.387 e. The maximum absolute atomic E-state index is 11.5. The Balaban J connectivity index is 2.17. The van der Waals surface area contributed by atoms with E-state index < -0.39 is 6.61 Å². The SMILES string of the molecule is Cc1noc([C@@]2(C)CCCN(C(=O)CO)C2)n1. The fourth-order valence-electron chi connectivity index (χ4n) is 2.27. The quantitative estimate of drug-likeness (QED) is 0.800. The van der Waals surface area contributed by atoms with Gasteiger partial charge in [0.25, 0.3) is 0 Å². The van der Waals surface area contributed by atoms with Gasteiger partial charge in [-0.25, -0.2) is 0 Å². The van der Waals surface area contributed by atoms with Crippen LogP contribution in [0.3, 0.4) is 0 Å². The van der Waals surface area contributed by atoms with Crippen LogP contribution in [0.4, 0.5) is 0 Å². The fraction of sp³-hybridized carbons (Fsp3) is 0.727. The summed E-state index contributed by atoms with van der Waals surface area (Å²) in [5.41, 5.74) is -0.301. The number of aryl methyl sites for hydroxylation is 1. The van der Waals surface area contributed by atoms with E-state index in [4.69, 9.17) is 9.63 Å². The Labute approximate surface area is 99.6 Å². The monoisotopic (exact) mass is 239 g/mol. The number of aromatic nitrogens is 2. The molecule has 2 rings (SSSR count). The van der Waals surface area contributed by atoms with Crippen molar-refractivity contribution in [1.29, 1.82) is 0 Å². The Kier molecular flexibility index (Phi) is 3.15. The summed E-state index contributed by atoms with van der Waals surface area (Å²) in [5.74, 6) is 0.935. The highest BCUT2D eigenvalue weighted by Crippen LogP contribution is 2.32. The van der Waals surface area contributed by atoms with Crippen LogP contribution in [-0.2, 0) is 10.2 Å². The first-order chi connectivity index (χ1) is 8.05. The van der Waals surface area contributed by atoms with E-state index in [1.165, 1.54) is 0 Å². The molecule has 1 aromatic heterocycles. The van der Waals surface area contributed by atoms with Gasteiger partial charge in [-0.2, -0.15) is 4.98 Å². The molecule has 17 heavy (non-hydrogen) atoms. The number of nitrogens with zero attached hydrogens (tertiary/aromatic N) is 3. The Morgan fingerprint density at radius 1 is 1.65 bits per heavy atom. The lowest BCUT2D eigenvalue weighted by atomic mass is 9.81. The number of amides is 1. The third-order valence-corrected chi connectivity index (χ3v) is 3.23. The summed E-state index contributed by atoms with van der Waals surface area (Å²) in [6.07, 6.45) is 1.79. The van der Waals surface area contributed by atoms with Gasteiger partial charge < -0.3 is 14.5 Å². The van der Waals surface area contributed by atoms with Crippen molar-refractivity contribution in [3.05, 3.63) is 11.7 Å². The van der Waals surface area contributed by atoms with E-state index in [0.29, 0.717) is 24.8 Å². The smallest absolute Gasteiger partial charge is 0.248 e. The van der Waals surface area contributed by atoms with E-state index >= 15 is 0 Å². The van der Waals surface area contributed by atoms with Crippen molar-refractivity contribution in [2.24, 2.45) is 0 Å². The second-order valence-corrected chi connectivity index (χ2v) is 4.78. The molecule has 94 valence electrons. The second-order valence-electron chi connectivity index (χ2n) is 4.78. The summed E-state index contributed by atoms with van der Waals surface area (Å²) < 4.78 is 5.21. The molecule has 0 saturated carbocycles. The van der Waals surface area contributed by atoms with Gasteiger partial charge in [0.1, 0.15) is 6.61 Å². The lowest BCUT2D eigenvalue weighted by Gasteiger charge is -2.37. The van der Waals surface area contributed by atoms with E-state index in [1.807, 2.05) is 6.92 Å². The molecule has 1 fully saturated rings. The minimum atomic E-state index is -0.445. The van der Waals surface area contributed by atoms with Crippen molar-refractivity contribution < 1.29 is 14.4 Å². The minimum absolute atomic E-state index is 0.243. The van der Waals surface area contributed by atoms with Crippen LogP contribution in [0.5, 0.6) is 0 Å². The van der Waals surface area contributed by atoms with E-state index in [9.17, 15) is 4.79 Å². The molecule has 1 aromatic rings. The highest BCUT2D eigenvalue weighted by Gasteiger charge is 2.38. The van der Waals surface area contributed by atoms with Crippen molar-refractivity contribution in [3.8, 4) is 0 Å². The van der Waals surface area contributed by atoms with Crippen molar-refractivity contribution in [1.82, 2.24) is 15.0 Å². The molecular weight excluding hydrogens is 222 g/mol. The molecule has 0 spiro atoms. The lowest BCUT2D eigenvalue weighted by Crippen LogP contribution is -2.48. The predicted octanol–water partition coefficient (Wildman–Crippen LogP) is 0.250. The van der Waals surface area contributed by atoms with E-state index in [1.54, 1.807) is 11.8 Å². The number of hydrogen-bond donors (Lipinski definition) is 1. The summed E-state index contributed by atoms with van der Waals surface area (Å²) >= 11 is 0. The molecule has 0 radical (unpaired) electrons. The highest BCUT2D eigenvalue weighted by molar-refractivity contribution is 5.77. The topological polar surface area (TPSA) is 79.5 Å². The van der Waals surface area contributed by atoms with Crippen LogP contribution in [0.15, 0.2) is 4.52 Å². The van der Waals surface area contributed by atoms with Crippen LogP contribution in [0.25, 0.3) is 0 Å². The van der Waals surface area contributed by atoms with E-state index in [-0.39, 0.29) is 11.3 Å². The molecule has 0 aromatic carbocycles. The molecule has 1 atom stereocenters. The second kappa shape index (κ2) is 4.44. The lowest BCUT2D eigenvalue weighted by molar-refractivity contribution is -0.136. The first kappa shape index (κ1) is 12.0. The molecule has 6 nitrogen and oxygen atoms in total. The van der Waals surface area contributed by atoms with Gasteiger partial charge in [-0.1, -0.05) is 5.16 Å². The van der Waals surface area contributed by atoms with Gasteiger partial charge in [0.05, 0.1) is 5.41 Å². The van der Waals surface area contributed by atoms with Gasteiger partial charge in [0.2, 0.25) is 11.8 Å². The standard InChI is InChI=1S/C11H17N3O3/c1-8-12-10(17-13-8)11(2)4-3-5-14(7-11)9(16)6-15/h15H,3-7H2,1-2H3/t11-/m0/s1. The van der Waals surface area contributed by atoms with Crippen molar-refractivity contribution >= 4 is 5.91 Å². The van der Waals surface area contributed by atoms with Gasteiger partial charge in [-0.15, -0.1) is 0 Å². The Hall–Kier alpha value is -1.43. The number of carbonyl (C=O) groups excluding carboxylic acids is 1. The van der Waals surface area contributed by atoms with Crippen LogP contribution in [0.2, 0.25) is 0 Å². The normalized spacial score (nSPS) is 25.0. The van der Waals surface area contributed by atoms with Crippen LogP contribution in [0, 0.1) is 6.92 Å². The summed E-state index contributed by atoms with van der Waals surface area (Å²) in [7, 11) is 0. The fourth-order valence-corrected chi connectivity index (χ4v) is 2.27. The number of carbonyl (C=O) groups is 1. The number of rotatable bonds is 2. The van der Waals surface area contributed by atoms with Gasteiger partial charge in [0, 0.05) is 13.1 Å². The molecule has 1 aliphatic rings. The Bertz CT molecular complexity index is 418. The third-order valence-electron chi connectivity index (χ3n) is 3.23. The average molecular weight is 239 g/mol. The Morgan fingerprint density at radius 3 is 3.00 bits per heavy atom. The summed E-state index contributed by atoms with van der Waals surface area (Å²) in [5, 5.41) is 12.7. The van der Waals surface area contributed by atoms with Gasteiger partial charge in [0.15, 0.2) is 5.82 Å². The molecule has 1 amide bonds. The van der Waals surface area contributed by atoms with Crippen molar-refractivity contribution in [2.45, 2.75) is 32.1 Å². The first-order valence-electron chi connectivity index (χ1n) is 5.74. The average Bonchev–Trinajstić information content (AvgIpc) is 2.76. The molecule has 0 aliphatic carbocycles. The molecule has 6 heteroatoms. The predicted molar refractivity (Wildman–Crippen MR) is 59.3 cm³/mol. The number of aliphatic hydroxyl groups excluding tert-OH is 1. The molecule has 2 heterocycles. The number of likely N-dealkylation sites (tertiary alicyclic amines) is 1. The summed E-state index contributed by atoms with van der Waals surface area (Å²) in [6, 6.07) is 0. The first-order valence-corrected chi connectivity index (χ1v) is 5.74.